The van der Waals surface area contributed by atoms with Crippen molar-refractivity contribution < 1.29 is 23.8 Å². The number of carbonyl (C=O) groups is 2. The number of rotatable bonds is 12. The van der Waals surface area contributed by atoms with Crippen LogP contribution in [0.1, 0.15) is 58.3 Å². The average molecular weight is 288 g/mol. The number of hydrogen-bond donors (Lipinski definition) is 0. The first kappa shape index (κ1) is 18.9. The van der Waals surface area contributed by atoms with Crippen LogP contribution in [-0.2, 0) is 23.8 Å². The van der Waals surface area contributed by atoms with Gasteiger partial charge in [0.1, 0.15) is 6.10 Å². The highest BCUT2D eigenvalue weighted by atomic mass is 16.5. The fraction of sp³-hybridized carbons (Fsp3) is 0.867. The fourth-order valence-electron chi connectivity index (χ4n) is 1.82. The molecule has 0 unspecified atom stereocenters. The van der Waals surface area contributed by atoms with Crippen molar-refractivity contribution in [2.45, 2.75) is 64.4 Å². The zero-order chi connectivity index (χ0) is 15.2. The highest BCUT2D eigenvalue weighted by Gasteiger charge is 2.14. The SMILES string of the molecule is CCCCC(=O)O[C@@H](CCCCC(=O)OC)CCOC. The average Bonchev–Trinajstić information content (AvgIpc) is 2.46. The molecule has 0 radical (unpaired) electrons. The summed E-state index contributed by atoms with van der Waals surface area (Å²) in [5.74, 6) is -0.334. The zero-order valence-corrected chi connectivity index (χ0v) is 13.0. The third-order valence-corrected chi connectivity index (χ3v) is 3.06. The lowest BCUT2D eigenvalue weighted by atomic mass is 10.1. The van der Waals surface area contributed by atoms with Crippen LogP contribution >= 0.6 is 0 Å². The van der Waals surface area contributed by atoms with Crippen LogP contribution in [0.4, 0.5) is 0 Å². The third kappa shape index (κ3) is 10.8. The number of carbonyl (C=O) groups excluding carboxylic acids is 2. The second-order valence-electron chi connectivity index (χ2n) is 4.82. The Labute approximate surface area is 122 Å². The molecule has 20 heavy (non-hydrogen) atoms. The van der Waals surface area contributed by atoms with Crippen LogP contribution in [0.25, 0.3) is 0 Å². The van der Waals surface area contributed by atoms with Crippen LogP contribution in [0, 0.1) is 0 Å². The maximum absolute atomic E-state index is 11.6. The Morgan fingerprint density at radius 1 is 0.950 bits per heavy atom. The van der Waals surface area contributed by atoms with Crippen LogP contribution in [0.2, 0.25) is 0 Å². The van der Waals surface area contributed by atoms with E-state index in [-0.39, 0.29) is 18.0 Å². The maximum atomic E-state index is 11.6. The maximum Gasteiger partial charge on any atom is 0.306 e. The molecule has 118 valence electrons. The van der Waals surface area contributed by atoms with Gasteiger partial charge in [0.05, 0.1) is 7.11 Å². The molecule has 0 fully saturated rings. The van der Waals surface area contributed by atoms with Crippen molar-refractivity contribution in [3.63, 3.8) is 0 Å². The van der Waals surface area contributed by atoms with Gasteiger partial charge >= 0.3 is 11.9 Å². The van der Waals surface area contributed by atoms with Gasteiger partial charge in [0.25, 0.3) is 0 Å². The Bertz CT molecular complexity index is 265. The molecule has 5 heteroatoms. The molecule has 0 saturated heterocycles. The number of ether oxygens (including phenoxy) is 3. The summed E-state index contributed by atoms with van der Waals surface area (Å²) in [5, 5.41) is 0. The quantitative estimate of drug-likeness (QED) is 0.408. The highest BCUT2D eigenvalue weighted by Crippen LogP contribution is 2.13. The Balaban J connectivity index is 3.94. The van der Waals surface area contributed by atoms with Crippen molar-refractivity contribution in [2.24, 2.45) is 0 Å². The van der Waals surface area contributed by atoms with E-state index in [1.54, 1.807) is 7.11 Å². The smallest absolute Gasteiger partial charge is 0.306 e. The summed E-state index contributed by atoms with van der Waals surface area (Å²) in [7, 11) is 3.02. The fourth-order valence-corrected chi connectivity index (χ4v) is 1.82. The van der Waals surface area contributed by atoms with Crippen molar-refractivity contribution in [3.05, 3.63) is 0 Å². The molecule has 0 saturated carbocycles. The van der Waals surface area contributed by atoms with Crippen LogP contribution < -0.4 is 0 Å². The number of unbranched alkanes of at least 4 members (excludes halogenated alkanes) is 2. The first-order valence-electron chi connectivity index (χ1n) is 7.39. The molecule has 0 amide bonds. The van der Waals surface area contributed by atoms with E-state index in [9.17, 15) is 9.59 Å². The zero-order valence-electron chi connectivity index (χ0n) is 13.0. The molecule has 0 spiro atoms. The van der Waals surface area contributed by atoms with E-state index in [0.717, 1.165) is 32.1 Å². The van der Waals surface area contributed by atoms with Crippen LogP contribution in [-0.4, -0.2) is 38.9 Å². The lowest BCUT2D eigenvalue weighted by Gasteiger charge is -2.17. The van der Waals surface area contributed by atoms with Crippen LogP contribution in [0.15, 0.2) is 0 Å². The third-order valence-electron chi connectivity index (χ3n) is 3.06. The minimum Gasteiger partial charge on any atom is -0.469 e. The van der Waals surface area contributed by atoms with Gasteiger partial charge in [-0.25, -0.2) is 0 Å². The van der Waals surface area contributed by atoms with Crippen molar-refractivity contribution in [3.8, 4) is 0 Å². The first-order valence-corrected chi connectivity index (χ1v) is 7.39. The summed E-state index contributed by atoms with van der Waals surface area (Å²) < 4.78 is 15.1. The van der Waals surface area contributed by atoms with Crippen molar-refractivity contribution in [2.75, 3.05) is 20.8 Å². The standard InChI is InChI=1S/C15H28O5/c1-4-5-9-15(17)20-13(11-12-18-2)8-6-7-10-14(16)19-3/h13H,4-12H2,1-3H3/t13-/m0/s1. The van der Waals surface area contributed by atoms with E-state index in [1.165, 1.54) is 7.11 Å². The predicted octanol–water partition coefficient (Wildman–Crippen LogP) is 2.86. The molecule has 0 aromatic heterocycles. The van der Waals surface area contributed by atoms with E-state index in [0.29, 0.717) is 25.9 Å². The number of hydrogen-bond acceptors (Lipinski definition) is 5. The summed E-state index contributed by atoms with van der Waals surface area (Å²) in [6.07, 6.45) is 5.67. The van der Waals surface area contributed by atoms with Gasteiger partial charge in [-0.1, -0.05) is 13.3 Å². The van der Waals surface area contributed by atoms with Gasteiger partial charge in [-0.15, -0.1) is 0 Å². The van der Waals surface area contributed by atoms with Gasteiger partial charge in [-0.2, -0.15) is 0 Å². The molecule has 0 N–H and O–H groups in total. The van der Waals surface area contributed by atoms with E-state index in [1.807, 2.05) is 6.92 Å². The molecule has 0 bridgehead atoms. The molecule has 0 aliphatic rings. The van der Waals surface area contributed by atoms with Gasteiger partial charge in [0.15, 0.2) is 0 Å². The lowest BCUT2D eigenvalue weighted by molar-refractivity contribution is -0.150. The van der Waals surface area contributed by atoms with Gasteiger partial charge < -0.3 is 14.2 Å². The molecule has 0 aromatic rings. The molecule has 0 aromatic carbocycles. The van der Waals surface area contributed by atoms with E-state index in [4.69, 9.17) is 9.47 Å². The topological polar surface area (TPSA) is 61.8 Å². The van der Waals surface area contributed by atoms with Crippen LogP contribution in [0.5, 0.6) is 0 Å². The van der Waals surface area contributed by atoms with Gasteiger partial charge in [0.2, 0.25) is 0 Å². The minimum atomic E-state index is -0.196. The highest BCUT2D eigenvalue weighted by molar-refractivity contribution is 5.69. The summed E-state index contributed by atoms with van der Waals surface area (Å²) in [6.45, 7) is 2.62. The second kappa shape index (κ2) is 12.9. The van der Waals surface area contributed by atoms with E-state index >= 15 is 0 Å². The first-order chi connectivity index (χ1) is 9.63. The van der Waals surface area contributed by atoms with Gasteiger partial charge in [0, 0.05) is 33.0 Å². The normalized spacial score (nSPS) is 11.9. The second-order valence-corrected chi connectivity index (χ2v) is 4.82. The summed E-state index contributed by atoms with van der Waals surface area (Å²) in [5.41, 5.74) is 0. The molecule has 0 aliphatic carbocycles. The van der Waals surface area contributed by atoms with E-state index in [2.05, 4.69) is 4.74 Å². The molecule has 0 rings (SSSR count). The number of esters is 2. The van der Waals surface area contributed by atoms with Crippen LogP contribution in [0.3, 0.4) is 0 Å². The lowest BCUT2D eigenvalue weighted by Crippen LogP contribution is -2.20. The Morgan fingerprint density at radius 2 is 1.65 bits per heavy atom. The van der Waals surface area contributed by atoms with Gasteiger partial charge in [-0.3, -0.25) is 9.59 Å². The molecular weight excluding hydrogens is 260 g/mol. The Morgan fingerprint density at radius 3 is 2.25 bits per heavy atom. The van der Waals surface area contributed by atoms with Crippen molar-refractivity contribution >= 4 is 11.9 Å². The number of methoxy groups -OCH3 is 2. The molecule has 5 nitrogen and oxygen atoms in total. The van der Waals surface area contributed by atoms with Gasteiger partial charge in [-0.05, 0) is 25.7 Å². The Hall–Kier alpha value is -1.10. The molecule has 0 aliphatic heterocycles. The van der Waals surface area contributed by atoms with E-state index < -0.39 is 0 Å². The minimum absolute atomic E-state index is 0.114. The molecular formula is C15H28O5. The predicted molar refractivity (Wildman–Crippen MR) is 76.4 cm³/mol. The summed E-state index contributed by atoms with van der Waals surface area (Å²) >= 11 is 0. The Kier molecular flexibility index (Phi) is 12.2. The monoisotopic (exact) mass is 288 g/mol. The van der Waals surface area contributed by atoms with Crippen molar-refractivity contribution in [1.29, 1.82) is 0 Å². The largest absolute Gasteiger partial charge is 0.469 e. The summed E-state index contributed by atoms with van der Waals surface area (Å²) in [6, 6.07) is 0. The van der Waals surface area contributed by atoms with Crippen molar-refractivity contribution in [1.82, 2.24) is 0 Å². The molecule has 0 heterocycles. The summed E-state index contributed by atoms with van der Waals surface area (Å²) in [4.78, 5) is 22.6. The molecule has 1 atom stereocenters.